The molecule has 0 unspecified atom stereocenters. The second-order valence-corrected chi connectivity index (χ2v) is 7.03. The fourth-order valence-corrected chi connectivity index (χ4v) is 3.25. The minimum Gasteiger partial charge on any atom is -0.338 e. The van der Waals surface area contributed by atoms with Gasteiger partial charge in [0.15, 0.2) is 0 Å². The number of aromatic nitrogens is 5. The van der Waals surface area contributed by atoms with Gasteiger partial charge in [-0.1, -0.05) is 18.2 Å². The van der Waals surface area contributed by atoms with Crippen molar-refractivity contribution in [1.82, 2.24) is 24.9 Å². The third kappa shape index (κ3) is 4.00. The first-order valence-electron chi connectivity index (χ1n) is 9.64. The number of fused-ring (bicyclic) bond motifs is 1. The molecular formula is C23H15F3N6. The predicted octanol–water partition coefficient (Wildman–Crippen LogP) is 5.84. The summed E-state index contributed by atoms with van der Waals surface area (Å²) in [6.07, 6.45) is 0.655. The molecule has 158 valence electrons. The van der Waals surface area contributed by atoms with Gasteiger partial charge in [0.2, 0.25) is 5.95 Å². The van der Waals surface area contributed by atoms with Crippen molar-refractivity contribution in [3.05, 3.63) is 84.8 Å². The number of aromatic amines is 1. The van der Waals surface area contributed by atoms with E-state index in [1.54, 1.807) is 18.6 Å². The van der Waals surface area contributed by atoms with Crippen LogP contribution in [0.3, 0.4) is 0 Å². The number of halogens is 3. The highest BCUT2D eigenvalue weighted by Gasteiger charge is 2.30. The molecule has 0 fully saturated rings. The van der Waals surface area contributed by atoms with Crippen molar-refractivity contribution in [2.45, 2.75) is 6.18 Å². The third-order valence-corrected chi connectivity index (χ3v) is 4.81. The van der Waals surface area contributed by atoms with Crippen LogP contribution in [0.5, 0.6) is 0 Å². The largest absolute Gasteiger partial charge is 0.416 e. The van der Waals surface area contributed by atoms with Gasteiger partial charge in [-0.15, -0.1) is 0 Å². The molecule has 0 saturated heterocycles. The first-order valence-corrected chi connectivity index (χ1v) is 9.64. The Labute approximate surface area is 180 Å². The van der Waals surface area contributed by atoms with Crippen LogP contribution >= 0.6 is 0 Å². The van der Waals surface area contributed by atoms with E-state index in [2.05, 4.69) is 30.2 Å². The Hall–Kier alpha value is -4.27. The van der Waals surface area contributed by atoms with Gasteiger partial charge >= 0.3 is 6.18 Å². The topological polar surface area (TPSA) is 79.4 Å². The maximum Gasteiger partial charge on any atom is 0.416 e. The quantitative estimate of drug-likeness (QED) is 0.373. The first-order chi connectivity index (χ1) is 15.5. The second-order valence-electron chi connectivity index (χ2n) is 7.03. The Morgan fingerprint density at radius 3 is 2.41 bits per heavy atom. The molecule has 5 rings (SSSR count). The Morgan fingerprint density at radius 1 is 0.812 bits per heavy atom. The molecule has 0 aliphatic rings. The molecule has 0 radical (unpaired) electrons. The van der Waals surface area contributed by atoms with E-state index in [0.29, 0.717) is 34.1 Å². The van der Waals surface area contributed by atoms with Crippen molar-refractivity contribution in [2.24, 2.45) is 0 Å². The molecule has 3 aromatic heterocycles. The number of hydrogen-bond donors (Lipinski definition) is 2. The minimum atomic E-state index is -4.41. The summed E-state index contributed by atoms with van der Waals surface area (Å²) >= 11 is 0. The summed E-state index contributed by atoms with van der Waals surface area (Å²) in [6, 6.07) is 16.3. The van der Waals surface area contributed by atoms with Crippen molar-refractivity contribution < 1.29 is 13.2 Å². The number of anilines is 2. The molecule has 0 saturated carbocycles. The average molecular weight is 432 g/mol. The number of H-pyrrole nitrogens is 1. The summed E-state index contributed by atoms with van der Waals surface area (Å²) < 4.78 is 38.9. The maximum absolute atomic E-state index is 13.0. The van der Waals surface area contributed by atoms with E-state index in [1.165, 1.54) is 6.07 Å². The van der Waals surface area contributed by atoms with E-state index in [9.17, 15) is 13.2 Å². The van der Waals surface area contributed by atoms with Gasteiger partial charge < -0.3 is 10.3 Å². The van der Waals surface area contributed by atoms with Gasteiger partial charge in [0, 0.05) is 35.4 Å². The van der Waals surface area contributed by atoms with Crippen LogP contribution in [0.4, 0.5) is 24.8 Å². The van der Waals surface area contributed by atoms with Crippen LogP contribution in [0.1, 0.15) is 5.56 Å². The van der Waals surface area contributed by atoms with E-state index in [0.717, 1.165) is 23.4 Å². The van der Waals surface area contributed by atoms with Crippen LogP contribution in [-0.4, -0.2) is 24.9 Å². The molecule has 5 aromatic rings. The van der Waals surface area contributed by atoms with Crippen molar-refractivity contribution in [2.75, 3.05) is 5.32 Å². The monoisotopic (exact) mass is 432 g/mol. The summed E-state index contributed by atoms with van der Waals surface area (Å²) in [5.41, 5.74) is 3.06. The van der Waals surface area contributed by atoms with Crippen molar-refractivity contribution in [3.63, 3.8) is 0 Å². The highest BCUT2D eigenvalue weighted by molar-refractivity contribution is 5.81. The Kier molecular flexibility index (Phi) is 4.78. The van der Waals surface area contributed by atoms with E-state index in [-0.39, 0.29) is 0 Å². The molecule has 2 N–H and O–H groups in total. The van der Waals surface area contributed by atoms with Crippen molar-refractivity contribution in [3.8, 4) is 22.6 Å². The van der Waals surface area contributed by atoms with Crippen LogP contribution in [0.25, 0.3) is 33.7 Å². The SMILES string of the molecule is FC(F)(F)c1ccc2nc(-c3cccc(Nc4ncc(-c5ccccn5)cn4)c3)[nH]c2c1. The lowest BCUT2D eigenvalue weighted by Crippen LogP contribution is -2.04. The van der Waals surface area contributed by atoms with Gasteiger partial charge in [-0.3, -0.25) is 4.98 Å². The van der Waals surface area contributed by atoms with Gasteiger partial charge in [-0.05, 0) is 42.5 Å². The average Bonchev–Trinajstić information content (AvgIpc) is 3.23. The molecule has 0 aliphatic carbocycles. The lowest BCUT2D eigenvalue weighted by Gasteiger charge is -2.07. The van der Waals surface area contributed by atoms with Gasteiger partial charge in [-0.2, -0.15) is 13.2 Å². The van der Waals surface area contributed by atoms with Crippen LogP contribution in [0, 0.1) is 0 Å². The van der Waals surface area contributed by atoms with E-state index < -0.39 is 11.7 Å². The van der Waals surface area contributed by atoms with Crippen molar-refractivity contribution in [1.29, 1.82) is 0 Å². The number of rotatable bonds is 4. The number of hydrogen-bond acceptors (Lipinski definition) is 5. The number of nitrogens with one attached hydrogen (secondary N) is 2. The highest BCUT2D eigenvalue weighted by Crippen LogP contribution is 2.32. The zero-order valence-electron chi connectivity index (χ0n) is 16.4. The number of imidazole rings is 1. The first kappa shape index (κ1) is 19.7. The number of benzene rings is 2. The zero-order chi connectivity index (χ0) is 22.1. The molecule has 6 nitrogen and oxygen atoms in total. The minimum absolute atomic E-state index is 0.321. The van der Waals surface area contributed by atoms with E-state index in [4.69, 9.17) is 0 Å². The smallest absolute Gasteiger partial charge is 0.338 e. The predicted molar refractivity (Wildman–Crippen MR) is 115 cm³/mol. The summed E-state index contributed by atoms with van der Waals surface area (Å²) in [7, 11) is 0. The second kappa shape index (κ2) is 7.77. The summed E-state index contributed by atoms with van der Waals surface area (Å²) in [6.45, 7) is 0. The molecule has 0 atom stereocenters. The van der Waals surface area contributed by atoms with E-state index in [1.807, 2.05) is 42.5 Å². The summed E-state index contributed by atoms with van der Waals surface area (Å²) in [5.74, 6) is 0.871. The van der Waals surface area contributed by atoms with Crippen LogP contribution < -0.4 is 5.32 Å². The summed E-state index contributed by atoms with van der Waals surface area (Å²) in [5, 5.41) is 3.12. The van der Waals surface area contributed by atoms with Gasteiger partial charge in [-0.25, -0.2) is 15.0 Å². The molecule has 0 amide bonds. The molecule has 0 aliphatic heterocycles. The van der Waals surface area contributed by atoms with Crippen LogP contribution in [0.15, 0.2) is 79.3 Å². The molecule has 2 aromatic carbocycles. The Bertz CT molecular complexity index is 1380. The van der Waals surface area contributed by atoms with Gasteiger partial charge in [0.05, 0.1) is 22.3 Å². The highest BCUT2D eigenvalue weighted by atomic mass is 19.4. The lowest BCUT2D eigenvalue weighted by molar-refractivity contribution is -0.137. The zero-order valence-corrected chi connectivity index (χ0v) is 16.4. The van der Waals surface area contributed by atoms with Crippen molar-refractivity contribution >= 4 is 22.7 Å². The molecule has 3 heterocycles. The number of pyridine rings is 1. The van der Waals surface area contributed by atoms with Crippen LogP contribution in [-0.2, 0) is 6.18 Å². The fourth-order valence-electron chi connectivity index (χ4n) is 3.25. The molecule has 32 heavy (non-hydrogen) atoms. The van der Waals surface area contributed by atoms with Gasteiger partial charge in [0.1, 0.15) is 5.82 Å². The fraction of sp³-hybridized carbons (Fsp3) is 0.0435. The summed E-state index contributed by atoms with van der Waals surface area (Å²) in [4.78, 5) is 20.3. The number of nitrogens with zero attached hydrogens (tertiary/aromatic N) is 4. The molecule has 0 spiro atoms. The third-order valence-electron chi connectivity index (χ3n) is 4.81. The lowest BCUT2D eigenvalue weighted by atomic mass is 10.2. The normalized spacial score (nSPS) is 11.6. The molecule has 9 heteroatoms. The van der Waals surface area contributed by atoms with E-state index >= 15 is 0 Å². The standard InChI is InChI=1S/C23H15F3N6/c24-23(25,26)16-7-8-19-20(11-16)32-21(31-19)14-4-3-5-17(10-14)30-22-28-12-15(13-29-22)18-6-1-2-9-27-18/h1-13H,(H,31,32)(H,28,29,30). The van der Waals surface area contributed by atoms with Crippen LogP contribution in [0.2, 0.25) is 0 Å². The molecular weight excluding hydrogens is 417 g/mol. The Morgan fingerprint density at radius 2 is 1.66 bits per heavy atom. The number of alkyl halides is 3. The van der Waals surface area contributed by atoms with Gasteiger partial charge in [0.25, 0.3) is 0 Å². The Balaban J connectivity index is 1.39. The maximum atomic E-state index is 13.0. The molecule has 0 bridgehead atoms.